The Morgan fingerprint density at radius 2 is 2.04 bits per heavy atom. The molecule has 0 fully saturated rings. The summed E-state index contributed by atoms with van der Waals surface area (Å²) in [5.74, 6) is 1.30. The van der Waals surface area contributed by atoms with Crippen molar-refractivity contribution in [2.45, 2.75) is 39.3 Å². The molecule has 134 valence electrons. The fourth-order valence-electron chi connectivity index (χ4n) is 3.20. The lowest BCUT2D eigenvalue weighted by Gasteiger charge is -2.25. The average Bonchev–Trinajstić information content (AvgIpc) is 3.19. The number of nitrogens with one attached hydrogen (secondary N) is 1. The van der Waals surface area contributed by atoms with Gasteiger partial charge in [0.25, 0.3) is 5.91 Å². The van der Waals surface area contributed by atoms with Gasteiger partial charge < -0.3 is 9.88 Å². The second kappa shape index (κ2) is 6.64. The Labute approximate surface area is 154 Å². The molecule has 3 heterocycles. The third kappa shape index (κ3) is 3.14. The summed E-state index contributed by atoms with van der Waals surface area (Å²) in [4.78, 5) is 14.4. The highest BCUT2D eigenvalue weighted by molar-refractivity contribution is 7.14. The van der Waals surface area contributed by atoms with E-state index in [1.807, 2.05) is 24.5 Å². The maximum Gasteiger partial charge on any atom is 0.261 e. The number of amides is 1. The van der Waals surface area contributed by atoms with Gasteiger partial charge in [0.2, 0.25) is 0 Å². The van der Waals surface area contributed by atoms with Crippen LogP contribution < -0.4 is 5.32 Å². The van der Waals surface area contributed by atoms with Crippen LogP contribution in [0.25, 0.3) is 11.4 Å². The fraction of sp³-hybridized carbons (Fsp3) is 0.316. The fourth-order valence-corrected chi connectivity index (χ4v) is 4.14. The van der Waals surface area contributed by atoms with Crippen LogP contribution >= 0.6 is 11.3 Å². The van der Waals surface area contributed by atoms with E-state index in [2.05, 4.69) is 15.5 Å². The molecule has 1 aliphatic rings. The molecule has 0 saturated carbocycles. The van der Waals surface area contributed by atoms with Crippen molar-refractivity contribution in [2.75, 3.05) is 0 Å². The summed E-state index contributed by atoms with van der Waals surface area (Å²) in [7, 11) is 0. The van der Waals surface area contributed by atoms with Crippen molar-refractivity contribution in [3.05, 3.63) is 57.3 Å². The van der Waals surface area contributed by atoms with Gasteiger partial charge in [-0.05, 0) is 56.2 Å². The van der Waals surface area contributed by atoms with Gasteiger partial charge in [-0.15, -0.1) is 21.5 Å². The highest BCUT2D eigenvalue weighted by Gasteiger charge is 2.25. The van der Waals surface area contributed by atoms with E-state index >= 15 is 0 Å². The minimum atomic E-state index is -0.279. The van der Waals surface area contributed by atoms with E-state index in [1.165, 1.54) is 28.3 Å². The Morgan fingerprint density at radius 1 is 1.27 bits per heavy atom. The predicted octanol–water partition coefficient (Wildman–Crippen LogP) is 3.51. The van der Waals surface area contributed by atoms with Crippen LogP contribution in [0, 0.1) is 19.7 Å². The van der Waals surface area contributed by atoms with E-state index in [0.717, 1.165) is 34.7 Å². The first kappa shape index (κ1) is 16.9. The molecule has 5 nitrogen and oxygen atoms in total. The maximum atomic E-state index is 13.2. The number of halogens is 1. The normalized spacial score (nSPS) is 16.3. The number of carbonyl (C=O) groups excluding carboxylic acids is 1. The molecule has 0 radical (unpaired) electrons. The summed E-state index contributed by atoms with van der Waals surface area (Å²) in [5.41, 5.74) is 1.96. The number of hydrogen-bond acceptors (Lipinski definition) is 4. The van der Waals surface area contributed by atoms with Crippen LogP contribution in [-0.2, 0) is 13.0 Å². The zero-order valence-electron chi connectivity index (χ0n) is 14.6. The van der Waals surface area contributed by atoms with Crippen LogP contribution in [-0.4, -0.2) is 26.7 Å². The van der Waals surface area contributed by atoms with Crippen LogP contribution in [0.4, 0.5) is 4.39 Å². The van der Waals surface area contributed by atoms with Gasteiger partial charge in [0, 0.05) is 29.4 Å². The molecule has 0 aliphatic carbocycles. The summed E-state index contributed by atoms with van der Waals surface area (Å²) < 4.78 is 15.2. The monoisotopic (exact) mass is 370 g/mol. The first-order valence-corrected chi connectivity index (χ1v) is 9.39. The number of carbonyl (C=O) groups is 1. The molecule has 7 heteroatoms. The quantitative estimate of drug-likeness (QED) is 0.768. The van der Waals surface area contributed by atoms with Crippen molar-refractivity contribution >= 4 is 17.2 Å². The Morgan fingerprint density at radius 3 is 2.73 bits per heavy atom. The lowest BCUT2D eigenvalue weighted by atomic mass is 10.1. The summed E-state index contributed by atoms with van der Waals surface area (Å²) in [5, 5.41) is 11.6. The highest BCUT2D eigenvalue weighted by Crippen LogP contribution is 2.24. The van der Waals surface area contributed by atoms with Crippen molar-refractivity contribution in [1.82, 2.24) is 20.1 Å². The second-order valence-electron chi connectivity index (χ2n) is 6.62. The number of benzene rings is 1. The number of fused-ring (bicyclic) bond motifs is 1. The van der Waals surface area contributed by atoms with E-state index in [0.29, 0.717) is 12.4 Å². The average molecular weight is 370 g/mol. The Balaban J connectivity index is 1.53. The van der Waals surface area contributed by atoms with Gasteiger partial charge in [0.05, 0.1) is 4.88 Å². The molecule has 3 aromatic rings. The summed E-state index contributed by atoms with van der Waals surface area (Å²) in [6.07, 6.45) is 1.58. The number of thiophene rings is 1. The number of aromatic nitrogens is 3. The summed E-state index contributed by atoms with van der Waals surface area (Å²) in [6.45, 7) is 4.65. The van der Waals surface area contributed by atoms with E-state index in [1.54, 1.807) is 12.1 Å². The molecule has 1 aliphatic heterocycles. The standard InChI is InChI=1S/C19H19FN4OS/c1-11-9-16(26-12(11)2)19(25)21-15-7-8-17-22-23-18(24(17)10-15)13-3-5-14(20)6-4-13/h3-6,9,15H,7-8,10H2,1-2H3,(H,21,25). The third-order valence-electron chi connectivity index (χ3n) is 4.77. The minimum absolute atomic E-state index is 0.0212. The van der Waals surface area contributed by atoms with Crippen LogP contribution in [0.2, 0.25) is 0 Å². The molecule has 1 amide bonds. The second-order valence-corrected chi connectivity index (χ2v) is 7.87. The van der Waals surface area contributed by atoms with Crippen LogP contribution in [0.15, 0.2) is 30.3 Å². The molecule has 1 aromatic carbocycles. The largest absolute Gasteiger partial charge is 0.347 e. The van der Waals surface area contributed by atoms with Crippen molar-refractivity contribution in [2.24, 2.45) is 0 Å². The van der Waals surface area contributed by atoms with Crippen LogP contribution in [0.1, 0.15) is 32.4 Å². The molecule has 0 spiro atoms. The zero-order chi connectivity index (χ0) is 18.3. The molecule has 1 unspecified atom stereocenters. The van der Waals surface area contributed by atoms with E-state index in [-0.39, 0.29) is 17.8 Å². The molecule has 0 saturated heterocycles. The Hall–Kier alpha value is -2.54. The van der Waals surface area contributed by atoms with Gasteiger partial charge in [0.1, 0.15) is 11.6 Å². The SMILES string of the molecule is Cc1cc(C(=O)NC2CCc3nnc(-c4ccc(F)cc4)n3C2)sc1C. The number of hydrogen-bond donors (Lipinski definition) is 1. The smallest absolute Gasteiger partial charge is 0.261 e. The number of nitrogens with zero attached hydrogens (tertiary/aromatic N) is 3. The lowest BCUT2D eigenvalue weighted by Crippen LogP contribution is -2.40. The number of rotatable bonds is 3. The van der Waals surface area contributed by atoms with Gasteiger partial charge in [-0.1, -0.05) is 0 Å². The molecular formula is C19H19FN4OS. The van der Waals surface area contributed by atoms with Crippen LogP contribution in [0.3, 0.4) is 0 Å². The molecule has 4 rings (SSSR count). The Bertz CT molecular complexity index is 941. The first-order valence-electron chi connectivity index (χ1n) is 8.57. The van der Waals surface area contributed by atoms with Crippen molar-refractivity contribution < 1.29 is 9.18 Å². The van der Waals surface area contributed by atoms with Crippen LogP contribution in [0.5, 0.6) is 0 Å². The molecule has 0 bridgehead atoms. The molecule has 2 aromatic heterocycles. The lowest BCUT2D eigenvalue weighted by molar-refractivity contribution is 0.0931. The maximum absolute atomic E-state index is 13.2. The van der Waals surface area contributed by atoms with Gasteiger partial charge in [-0.2, -0.15) is 0 Å². The van der Waals surface area contributed by atoms with E-state index in [9.17, 15) is 9.18 Å². The van der Waals surface area contributed by atoms with E-state index < -0.39 is 0 Å². The third-order valence-corrected chi connectivity index (χ3v) is 5.93. The van der Waals surface area contributed by atoms with Gasteiger partial charge in [-0.3, -0.25) is 4.79 Å². The van der Waals surface area contributed by atoms with Crippen molar-refractivity contribution in [3.8, 4) is 11.4 Å². The predicted molar refractivity (Wildman–Crippen MR) is 98.8 cm³/mol. The van der Waals surface area contributed by atoms with Crippen molar-refractivity contribution in [3.63, 3.8) is 0 Å². The topological polar surface area (TPSA) is 59.8 Å². The number of aryl methyl sites for hydroxylation is 3. The summed E-state index contributed by atoms with van der Waals surface area (Å²) >= 11 is 1.52. The van der Waals surface area contributed by atoms with Gasteiger partial charge in [0.15, 0.2) is 5.82 Å². The molecule has 1 N–H and O–H groups in total. The molecule has 26 heavy (non-hydrogen) atoms. The highest BCUT2D eigenvalue weighted by atomic mass is 32.1. The first-order chi connectivity index (χ1) is 12.5. The van der Waals surface area contributed by atoms with E-state index in [4.69, 9.17) is 0 Å². The zero-order valence-corrected chi connectivity index (χ0v) is 15.4. The molecular weight excluding hydrogens is 351 g/mol. The minimum Gasteiger partial charge on any atom is -0.347 e. The van der Waals surface area contributed by atoms with Gasteiger partial charge in [-0.25, -0.2) is 4.39 Å². The molecule has 1 atom stereocenters. The Kier molecular flexibility index (Phi) is 4.32. The summed E-state index contributed by atoms with van der Waals surface area (Å²) in [6, 6.07) is 8.19. The van der Waals surface area contributed by atoms with Crippen molar-refractivity contribution in [1.29, 1.82) is 0 Å². The van der Waals surface area contributed by atoms with Gasteiger partial charge >= 0.3 is 0 Å².